The number of aliphatic hydroxyl groups is 2. The van der Waals surface area contributed by atoms with Crippen LogP contribution in [0, 0.1) is 34.0 Å². The second-order valence-corrected chi connectivity index (χ2v) is 10.8. The maximum absolute atomic E-state index is 11.0. The molecule has 0 aliphatic heterocycles. The number of hydrogen-bond donors (Lipinski definition) is 2. The van der Waals surface area contributed by atoms with Crippen molar-refractivity contribution in [3.63, 3.8) is 0 Å². The van der Waals surface area contributed by atoms with Gasteiger partial charge < -0.3 is 10.2 Å². The van der Waals surface area contributed by atoms with Crippen molar-refractivity contribution in [3.05, 3.63) is 0 Å². The van der Waals surface area contributed by atoms with Gasteiger partial charge in [0.2, 0.25) is 0 Å². The Bertz CT molecular complexity index is 518. The predicted octanol–water partition coefficient (Wildman–Crippen LogP) is 4.92. The number of fused-ring (bicyclic) bond motifs is 5. The van der Waals surface area contributed by atoms with E-state index in [0.29, 0.717) is 10.8 Å². The molecule has 138 valence electrons. The van der Waals surface area contributed by atoms with E-state index in [1.54, 1.807) is 0 Å². The largest absolute Gasteiger partial charge is 0.393 e. The van der Waals surface area contributed by atoms with Crippen LogP contribution in [-0.4, -0.2) is 21.9 Å². The van der Waals surface area contributed by atoms with Crippen LogP contribution in [0.25, 0.3) is 0 Å². The minimum atomic E-state index is -0.423. The fraction of sp³-hybridized carbons (Fsp3) is 1.00. The highest BCUT2D eigenvalue weighted by Gasteiger charge is 2.64. The van der Waals surface area contributed by atoms with Crippen molar-refractivity contribution in [1.82, 2.24) is 0 Å². The molecular weight excluding hydrogens is 296 g/mol. The molecular formula is C22H38O2. The van der Waals surface area contributed by atoms with Gasteiger partial charge in [-0.05, 0) is 98.2 Å². The van der Waals surface area contributed by atoms with E-state index in [1.165, 1.54) is 38.5 Å². The zero-order chi connectivity index (χ0) is 17.4. The van der Waals surface area contributed by atoms with Crippen LogP contribution in [0.4, 0.5) is 0 Å². The summed E-state index contributed by atoms with van der Waals surface area (Å²) in [5, 5.41) is 21.6. The number of aliphatic hydroxyl groups excluding tert-OH is 1. The molecule has 2 N–H and O–H groups in total. The van der Waals surface area contributed by atoms with E-state index < -0.39 is 5.60 Å². The zero-order valence-corrected chi connectivity index (χ0v) is 16.3. The van der Waals surface area contributed by atoms with Gasteiger partial charge in [-0.1, -0.05) is 27.7 Å². The maximum Gasteiger partial charge on any atom is 0.0650 e. The highest BCUT2D eigenvalue weighted by molar-refractivity contribution is 5.14. The lowest BCUT2D eigenvalue weighted by molar-refractivity contribution is -0.195. The summed E-state index contributed by atoms with van der Waals surface area (Å²) in [6.07, 6.45) is 11.4. The summed E-state index contributed by atoms with van der Waals surface area (Å²) >= 11 is 0. The summed E-state index contributed by atoms with van der Waals surface area (Å²) in [6, 6.07) is 0. The van der Waals surface area contributed by atoms with Crippen molar-refractivity contribution in [2.24, 2.45) is 34.0 Å². The molecule has 0 bridgehead atoms. The smallest absolute Gasteiger partial charge is 0.0650 e. The molecule has 4 saturated carbocycles. The quantitative estimate of drug-likeness (QED) is 0.714. The molecule has 8 atom stereocenters. The Hall–Kier alpha value is -0.0800. The minimum Gasteiger partial charge on any atom is -0.393 e. The van der Waals surface area contributed by atoms with E-state index in [-0.39, 0.29) is 11.5 Å². The first-order valence-electron chi connectivity index (χ1n) is 10.6. The van der Waals surface area contributed by atoms with Gasteiger partial charge in [0.1, 0.15) is 0 Å². The molecule has 4 rings (SSSR count). The fourth-order valence-electron chi connectivity index (χ4n) is 8.06. The molecule has 4 fully saturated rings. The lowest BCUT2D eigenvalue weighted by Gasteiger charge is -2.66. The van der Waals surface area contributed by atoms with Crippen LogP contribution in [-0.2, 0) is 0 Å². The summed E-state index contributed by atoms with van der Waals surface area (Å²) in [5.41, 5.74) is 0.437. The monoisotopic (exact) mass is 334 g/mol. The molecule has 0 radical (unpaired) electrons. The summed E-state index contributed by atoms with van der Waals surface area (Å²) in [5.74, 6) is 2.35. The average Bonchev–Trinajstić information content (AvgIpc) is 2.84. The van der Waals surface area contributed by atoms with Gasteiger partial charge in [-0.15, -0.1) is 0 Å². The van der Waals surface area contributed by atoms with Crippen molar-refractivity contribution in [1.29, 1.82) is 0 Å². The third-order valence-corrected chi connectivity index (χ3v) is 10.1. The number of rotatable bonds is 1. The molecule has 4 aliphatic carbocycles. The molecule has 2 nitrogen and oxygen atoms in total. The van der Waals surface area contributed by atoms with E-state index in [1.807, 2.05) is 0 Å². The lowest BCUT2D eigenvalue weighted by Crippen LogP contribution is -2.60. The van der Waals surface area contributed by atoms with Crippen LogP contribution in [0.2, 0.25) is 0 Å². The molecule has 0 amide bonds. The van der Waals surface area contributed by atoms with E-state index in [9.17, 15) is 10.2 Å². The fourth-order valence-corrected chi connectivity index (χ4v) is 8.06. The van der Waals surface area contributed by atoms with Gasteiger partial charge >= 0.3 is 0 Å². The van der Waals surface area contributed by atoms with E-state index in [0.717, 1.165) is 43.4 Å². The topological polar surface area (TPSA) is 40.5 Å². The molecule has 0 aromatic rings. The summed E-state index contributed by atoms with van der Waals surface area (Å²) < 4.78 is 0. The Balaban J connectivity index is 1.65. The van der Waals surface area contributed by atoms with Gasteiger partial charge in [-0.2, -0.15) is 0 Å². The molecule has 4 aliphatic rings. The standard InChI is InChI=1S/C22H38O2/c1-5-22(24)13-12-21(4)17-9-11-20(3)16(6-7-18(20)23)15(17)8-10-19(21,2)14-22/h15-18,23-24H,5-14H2,1-4H3/t15-,16+,17-,18-,19+,20+,21-,22+/m1/s1. The summed E-state index contributed by atoms with van der Waals surface area (Å²) in [7, 11) is 0. The third-order valence-electron chi connectivity index (χ3n) is 10.1. The Morgan fingerprint density at radius 2 is 1.62 bits per heavy atom. The van der Waals surface area contributed by atoms with Crippen LogP contribution in [0.3, 0.4) is 0 Å². The normalized spacial score (nSPS) is 60.2. The van der Waals surface area contributed by atoms with Gasteiger partial charge in [-0.25, -0.2) is 0 Å². The number of hydrogen-bond acceptors (Lipinski definition) is 2. The highest BCUT2D eigenvalue weighted by atomic mass is 16.3. The van der Waals surface area contributed by atoms with E-state index in [2.05, 4.69) is 27.7 Å². The van der Waals surface area contributed by atoms with E-state index in [4.69, 9.17) is 0 Å². The van der Waals surface area contributed by atoms with Crippen LogP contribution in [0.1, 0.15) is 91.9 Å². The molecule has 0 spiro atoms. The van der Waals surface area contributed by atoms with Gasteiger partial charge in [0, 0.05) is 0 Å². The first-order valence-corrected chi connectivity index (χ1v) is 10.6. The van der Waals surface area contributed by atoms with Crippen molar-refractivity contribution in [3.8, 4) is 0 Å². The Morgan fingerprint density at radius 3 is 2.33 bits per heavy atom. The Kier molecular flexibility index (Phi) is 3.77. The van der Waals surface area contributed by atoms with Gasteiger partial charge in [0.05, 0.1) is 11.7 Å². The van der Waals surface area contributed by atoms with Crippen LogP contribution >= 0.6 is 0 Å². The van der Waals surface area contributed by atoms with Crippen molar-refractivity contribution in [2.75, 3.05) is 0 Å². The summed E-state index contributed by atoms with van der Waals surface area (Å²) in [6.45, 7) is 9.58. The molecule has 0 aromatic carbocycles. The van der Waals surface area contributed by atoms with Crippen molar-refractivity contribution in [2.45, 2.75) is 104 Å². The minimum absolute atomic E-state index is 0.0684. The molecule has 0 aromatic heterocycles. The van der Waals surface area contributed by atoms with Gasteiger partial charge in [0.15, 0.2) is 0 Å². The average molecular weight is 335 g/mol. The zero-order valence-electron chi connectivity index (χ0n) is 16.3. The molecule has 24 heavy (non-hydrogen) atoms. The SMILES string of the molecule is CC[C@]1(O)CC[C@]2(C)[C@@H]3CC[C@]4(C)[C@H](O)CC[C@H]4[C@H]3CC[C@@]2(C)C1. The van der Waals surface area contributed by atoms with Crippen LogP contribution in [0.5, 0.6) is 0 Å². The first kappa shape index (κ1) is 17.3. The van der Waals surface area contributed by atoms with Gasteiger partial charge in [0.25, 0.3) is 0 Å². The van der Waals surface area contributed by atoms with Crippen molar-refractivity contribution >= 4 is 0 Å². The Labute approximate surface area is 148 Å². The van der Waals surface area contributed by atoms with Crippen LogP contribution in [0.15, 0.2) is 0 Å². The summed E-state index contributed by atoms with van der Waals surface area (Å²) in [4.78, 5) is 0. The first-order chi connectivity index (χ1) is 11.2. The van der Waals surface area contributed by atoms with Crippen molar-refractivity contribution < 1.29 is 10.2 Å². The molecule has 0 saturated heterocycles. The van der Waals surface area contributed by atoms with Gasteiger partial charge in [-0.3, -0.25) is 0 Å². The second-order valence-electron chi connectivity index (χ2n) is 10.8. The lowest BCUT2D eigenvalue weighted by atomic mass is 9.39. The Morgan fingerprint density at radius 1 is 0.875 bits per heavy atom. The second kappa shape index (κ2) is 5.22. The van der Waals surface area contributed by atoms with E-state index >= 15 is 0 Å². The molecule has 0 heterocycles. The molecule has 2 heteroatoms. The maximum atomic E-state index is 11.0. The third kappa shape index (κ3) is 2.08. The highest BCUT2D eigenvalue weighted by Crippen LogP contribution is 2.70. The predicted molar refractivity (Wildman–Crippen MR) is 97.6 cm³/mol. The molecule has 0 unspecified atom stereocenters. The van der Waals surface area contributed by atoms with Crippen LogP contribution < -0.4 is 0 Å².